The molecule has 0 atom stereocenters. The van der Waals surface area contributed by atoms with Gasteiger partial charge in [-0.15, -0.1) is 0 Å². The van der Waals surface area contributed by atoms with E-state index in [-0.39, 0.29) is 5.75 Å². The Morgan fingerprint density at radius 2 is 1.52 bits per heavy atom. The van der Waals surface area contributed by atoms with Crippen molar-refractivity contribution in [3.63, 3.8) is 0 Å². The molecule has 1 fully saturated rings. The lowest BCUT2D eigenvalue weighted by atomic mass is 10.2. The van der Waals surface area contributed by atoms with Crippen molar-refractivity contribution in [2.24, 2.45) is 0 Å². The second kappa shape index (κ2) is 8.36. The molecule has 2 N–H and O–H groups in total. The summed E-state index contributed by atoms with van der Waals surface area (Å²) >= 11 is 0. The van der Waals surface area contributed by atoms with Crippen LogP contribution in [0.5, 0.6) is 0 Å². The summed E-state index contributed by atoms with van der Waals surface area (Å²) in [6.07, 6.45) is 1.42. The van der Waals surface area contributed by atoms with Crippen LogP contribution in [0.4, 0.5) is 0 Å². The summed E-state index contributed by atoms with van der Waals surface area (Å²) in [5.41, 5.74) is 0. The van der Waals surface area contributed by atoms with Gasteiger partial charge in [-0.05, 0) is 19.9 Å². The SMILES string of the molecule is CN1CC[N+](C)(CCCCS(=O)(=O)O)CC1.O=S(=O)([O-])O. The highest BCUT2D eigenvalue weighted by Crippen LogP contribution is 2.11. The first kappa shape index (κ1) is 20.7. The molecule has 0 radical (unpaired) electrons. The number of hydrogen-bond donors (Lipinski definition) is 2. The van der Waals surface area contributed by atoms with Crippen LogP contribution in [0.1, 0.15) is 12.8 Å². The molecule has 0 aromatic rings. The maximum Gasteiger partial charge on any atom is 0.264 e. The van der Waals surface area contributed by atoms with Gasteiger partial charge in [-0.25, -0.2) is 8.42 Å². The fraction of sp³-hybridized carbons (Fsp3) is 1.00. The molecule has 0 aliphatic carbocycles. The van der Waals surface area contributed by atoms with Gasteiger partial charge in [0.1, 0.15) is 0 Å². The molecule has 1 aliphatic heterocycles. The van der Waals surface area contributed by atoms with Crippen molar-refractivity contribution in [2.45, 2.75) is 12.8 Å². The Bertz CT molecular complexity index is 487. The molecule has 0 saturated carbocycles. The van der Waals surface area contributed by atoms with Gasteiger partial charge in [0.05, 0.1) is 32.4 Å². The first-order chi connectivity index (χ1) is 9.31. The second-order valence-corrected chi connectivity index (χ2v) is 7.94. The predicted octanol–water partition coefficient (Wildman–Crippen LogP) is -0.949. The minimum Gasteiger partial charge on any atom is -0.726 e. The molecular formula is C10H24N2O7S2. The Morgan fingerprint density at radius 1 is 1.10 bits per heavy atom. The van der Waals surface area contributed by atoms with Crippen LogP contribution in [0, 0.1) is 0 Å². The van der Waals surface area contributed by atoms with Gasteiger partial charge in [0, 0.05) is 13.1 Å². The molecule has 0 unspecified atom stereocenters. The van der Waals surface area contributed by atoms with Gasteiger partial charge >= 0.3 is 0 Å². The van der Waals surface area contributed by atoms with E-state index in [9.17, 15) is 8.42 Å². The first-order valence-corrected chi connectivity index (χ1v) is 9.44. The Balaban J connectivity index is 0.000000690. The second-order valence-electron chi connectivity index (χ2n) is 5.51. The highest BCUT2D eigenvalue weighted by molar-refractivity contribution is 7.85. The zero-order valence-electron chi connectivity index (χ0n) is 12.3. The van der Waals surface area contributed by atoms with E-state index in [2.05, 4.69) is 19.0 Å². The third-order valence-corrected chi connectivity index (χ3v) is 4.20. The van der Waals surface area contributed by atoms with E-state index in [0.29, 0.717) is 6.42 Å². The van der Waals surface area contributed by atoms with Crippen molar-refractivity contribution < 1.29 is 35.0 Å². The van der Waals surface area contributed by atoms with Gasteiger partial charge in [-0.1, -0.05) is 0 Å². The molecule has 0 aromatic carbocycles. The summed E-state index contributed by atoms with van der Waals surface area (Å²) in [6.45, 7) is 5.47. The van der Waals surface area contributed by atoms with Crippen molar-refractivity contribution >= 4 is 20.5 Å². The summed E-state index contributed by atoms with van der Waals surface area (Å²) in [6, 6.07) is 0. The fourth-order valence-electron chi connectivity index (χ4n) is 2.05. The third kappa shape index (κ3) is 14.4. The van der Waals surface area contributed by atoms with Crippen molar-refractivity contribution in [2.75, 3.05) is 52.6 Å². The van der Waals surface area contributed by atoms with Crippen LogP contribution in [0.2, 0.25) is 0 Å². The molecular weight excluding hydrogens is 324 g/mol. The van der Waals surface area contributed by atoms with Crippen molar-refractivity contribution in [1.29, 1.82) is 0 Å². The van der Waals surface area contributed by atoms with Crippen LogP contribution in [-0.2, 0) is 20.5 Å². The summed E-state index contributed by atoms with van der Waals surface area (Å²) in [5.74, 6) is -0.104. The van der Waals surface area contributed by atoms with Crippen molar-refractivity contribution in [3.8, 4) is 0 Å². The highest BCUT2D eigenvalue weighted by Gasteiger charge is 2.26. The van der Waals surface area contributed by atoms with Gasteiger partial charge in [0.25, 0.3) is 10.1 Å². The zero-order chi connectivity index (χ0) is 16.7. The van der Waals surface area contributed by atoms with Crippen LogP contribution in [-0.4, -0.2) is 92.4 Å². The van der Waals surface area contributed by atoms with Gasteiger partial charge in [-0.3, -0.25) is 14.0 Å². The Labute approximate surface area is 126 Å². The zero-order valence-corrected chi connectivity index (χ0v) is 13.9. The van der Waals surface area contributed by atoms with Crippen LogP contribution in [0.3, 0.4) is 0 Å². The molecule has 0 amide bonds. The van der Waals surface area contributed by atoms with Crippen LogP contribution in [0.25, 0.3) is 0 Å². The van der Waals surface area contributed by atoms with Crippen LogP contribution >= 0.6 is 0 Å². The van der Waals surface area contributed by atoms with E-state index < -0.39 is 20.5 Å². The summed E-state index contributed by atoms with van der Waals surface area (Å²) in [5, 5.41) is 0. The standard InChI is InChI=1S/C10H22N2O3S.H2O4S/c1-11-5-8-12(2,9-6-11)7-3-4-10-16(13,14)15;1-5(2,3)4/h3-10H2,1-2H3;(H2,1,2,3,4). The van der Waals surface area contributed by atoms with Crippen LogP contribution in [0.15, 0.2) is 0 Å². The normalized spacial score (nSPS) is 19.7. The van der Waals surface area contributed by atoms with Crippen LogP contribution < -0.4 is 0 Å². The molecule has 1 heterocycles. The molecule has 21 heavy (non-hydrogen) atoms. The highest BCUT2D eigenvalue weighted by atomic mass is 32.3. The molecule has 128 valence electrons. The number of rotatable bonds is 5. The molecule has 0 bridgehead atoms. The molecule has 0 spiro atoms. The Hall–Kier alpha value is -0.300. The maximum absolute atomic E-state index is 10.5. The number of nitrogens with zero attached hydrogens (tertiary/aromatic N) is 2. The van der Waals surface area contributed by atoms with E-state index >= 15 is 0 Å². The number of likely N-dealkylation sites (N-methyl/N-ethyl adjacent to an activating group) is 2. The summed E-state index contributed by atoms with van der Waals surface area (Å²) in [7, 11) is -4.34. The first-order valence-electron chi connectivity index (χ1n) is 6.46. The minimum absolute atomic E-state index is 0.104. The average Bonchev–Trinajstić information content (AvgIpc) is 2.26. The largest absolute Gasteiger partial charge is 0.726 e. The monoisotopic (exact) mass is 348 g/mol. The maximum atomic E-state index is 10.5. The average molecular weight is 348 g/mol. The van der Waals surface area contributed by atoms with E-state index in [0.717, 1.165) is 43.6 Å². The Kier molecular flexibility index (Phi) is 8.24. The lowest BCUT2D eigenvalue weighted by molar-refractivity contribution is -0.913. The molecule has 11 heteroatoms. The summed E-state index contributed by atoms with van der Waals surface area (Å²) in [4.78, 5) is 2.32. The van der Waals surface area contributed by atoms with Crippen molar-refractivity contribution in [3.05, 3.63) is 0 Å². The minimum atomic E-state index is -4.92. The van der Waals surface area contributed by atoms with Crippen molar-refractivity contribution in [1.82, 2.24) is 4.90 Å². The topological polar surface area (TPSA) is 135 Å². The summed E-state index contributed by atoms with van der Waals surface area (Å²) < 4.78 is 63.6. The number of piperazine rings is 1. The molecule has 9 nitrogen and oxygen atoms in total. The molecule has 1 rings (SSSR count). The molecule has 0 aromatic heterocycles. The number of unbranched alkanes of at least 4 members (excludes halogenated alkanes) is 1. The van der Waals surface area contributed by atoms with Gasteiger partial charge in [0.15, 0.2) is 0 Å². The third-order valence-electron chi connectivity index (χ3n) is 3.39. The molecule has 1 aliphatic rings. The quantitative estimate of drug-likeness (QED) is 0.281. The van der Waals surface area contributed by atoms with E-state index in [4.69, 9.17) is 22.1 Å². The van der Waals surface area contributed by atoms with E-state index in [1.807, 2.05) is 0 Å². The van der Waals surface area contributed by atoms with E-state index in [1.54, 1.807) is 0 Å². The van der Waals surface area contributed by atoms with E-state index in [1.165, 1.54) is 0 Å². The number of quaternary nitrogens is 1. The van der Waals surface area contributed by atoms with Gasteiger partial charge in [0.2, 0.25) is 10.4 Å². The lowest BCUT2D eigenvalue weighted by Gasteiger charge is -2.41. The smallest absolute Gasteiger partial charge is 0.264 e. The van der Waals surface area contributed by atoms with Gasteiger partial charge < -0.3 is 9.04 Å². The molecule has 1 saturated heterocycles. The lowest BCUT2D eigenvalue weighted by Crippen LogP contribution is -2.56. The predicted molar refractivity (Wildman–Crippen MR) is 76.3 cm³/mol. The van der Waals surface area contributed by atoms with Gasteiger partial charge in [-0.2, -0.15) is 8.42 Å². The fourth-order valence-corrected chi connectivity index (χ4v) is 2.62. The number of hydrogen-bond acceptors (Lipinski definition) is 6. The Morgan fingerprint density at radius 3 is 1.90 bits per heavy atom.